The van der Waals surface area contributed by atoms with Gasteiger partial charge in [-0.15, -0.1) is 0 Å². The Morgan fingerprint density at radius 1 is 0.941 bits per heavy atom. The van der Waals surface area contributed by atoms with Crippen LogP contribution in [0.4, 0.5) is 14.5 Å². The Morgan fingerprint density at radius 2 is 1.65 bits per heavy atom. The molecule has 0 spiro atoms. The van der Waals surface area contributed by atoms with Crippen LogP contribution in [0.3, 0.4) is 0 Å². The van der Waals surface area contributed by atoms with Crippen molar-refractivity contribution in [1.82, 2.24) is 10.6 Å². The van der Waals surface area contributed by atoms with Gasteiger partial charge in [0.15, 0.2) is 11.6 Å². The number of hydrogen-bond donors (Lipinski definition) is 3. The summed E-state index contributed by atoms with van der Waals surface area (Å²) in [4.78, 5) is 24.9. The molecule has 0 saturated carbocycles. The molecule has 8 nitrogen and oxygen atoms in total. The first kappa shape index (κ1) is 24.6. The van der Waals surface area contributed by atoms with Crippen LogP contribution in [-0.4, -0.2) is 34.4 Å². The summed E-state index contributed by atoms with van der Waals surface area (Å²) in [6.07, 6.45) is 0. The molecule has 0 radical (unpaired) electrons. The number of sulfonamides is 1. The molecule has 0 fully saturated rings. The maximum atomic E-state index is 13.7. The zero-order valence-corrected chi connectivity index (χ0v) is 19.0. The number of nitrogens with one attached hydrogen (secondary N) is 3. The van der Waals surface area contributed by atoms with Gasteiger partial charge in [-0.3, -0.25) is 14.3 Å². The van der Waals surface area contributed by atoms with Crippen LogP contribution in [0.25, 0.3) is 0 Å². The van der Waals surface area contributed by atoms with Crippen LogP contribution in [0.15, 0.2) is 71.6 Å². The van der Waals surface area contributed by atoms with Crippen molar-refractivity contribution in [3.8, 4) is 5.75 Å². The van der Waals surface area contributed by atoms with E-state index in [1.54, 1.807) is 12.1 Å². The molecule has 0 saturated heterocycles. The minimum atomic E-state index is -4.04. The highest BCUT2D eigenvalue weighted by Crippen LogP contribution is 2.21. The molecule has 3 aromatic rings. The molecule has 3 N–H and O–H groups in total. The summed E-state index contributed by atoms with van der Waals surface area (Å²) >= 11 is 0. The summed E-state index contributed by atoms with van der Waals surface area (Å²) < 4.78 is 60.0. The Kier molecular flexibility index (Phi) is 7.47. The van der Waals surface area contributed by atoms with Gasteiger partial charge in [0.1, 0.15) is 11.8 Å². The number of carbonyl (C=O) groups excluding carboxylic acids is 2. The Bertz CT molecular complexity index is 1310. The summed E-state index contributed by atoms with van der Waals surface area (Å²) in [6, 6.07) is 12.8. The first-order valence-electron chi connectivity index (χ1n) is 9.89. The van der Waals surface area contributed by atoms with Crippen molar-refractivity contribution < 1.29 is 31.5 Å². The molecule has 0 heterocycles. The average molecular weight is 490 g/mol. The number of carbonyl (C=O) groups is 2. The summed E-state index contributed by atoms with van der Waals surface area (Å²) in [5.41, 5.74) is 0.235. The first-order chi connectivity index (χ1) is 16.1. The van der Waals surface area contributed by atoms with Gasteiger partial charge in [-0.2, -0.15) is 0 Å². The highest BCUT2D eigenvalue weighted by molar-refractivity contribution is 7.92. The number of anilines is 1. The minimum absolute atomic E-state index is 0.0107. The third kappa shape index (κ3) is 5.67. The molecule has 178 valence electrons. The van der Waals surface area contributed by atoms with Crippen LogP contribution < -0.4 is 20.1 Å². The number of amides is 2. The summed E-state index contributed by atoms with van der Waals surface area (Å²) in [6.45, 7) is 0. The summed E-state index contributed by atoms with van der Waals surface area (Å²) in [5, 5.41) is 4.76. The van der Waals surface area contributed by atoms with E-state index < -0.39 is 39.5 Å². The number of rotatable bonds is 8. The third-order valence-electron chi connectivity index (χ3n) is 4.81. The van der Waals surface area contributed by atoms with E-state index in [4.69, 9.17) is 4.74 Å². The lowest BCUT2D eigenvalue weighted by atomic mass is 10.0. The zero-order valence-electron chi connectivity index (χ0n) is 18.1. The van der Waals surface area contributed by atoms with Crippen LogP contribution in [0.1, 0.15) is 22.0 Å². The fourth-order valence-corrected chi connectivity index (χ4v) is 4.13. The molecular formula is C23H21F2N3O5S. The Morgan fingerprint density at radius 3 is 2.26 bits per heavy atom. The van der Waals surface area contributed by atoms with Crippen molar-refractivity contribution >= 4 is 27.5 Å². The number of hydrogen-bond acceptors (Lipinski definition) is 5. The van der Waals surface area contributed by atoms with Gasteiger partial charge < -0.3 is 15.4 Å². The molecule has 0 bridgehead atoms. The van der Waals surface area contributed by atoms with Crippen LogP contribution in [0.2, 0.25) is 0 Å². The van der Waals surface area contributed by atoms with Gasteiger partial charge >= 0.3 is 0 Å². The quantitative estimate of drug-likeness (QED) is 0.450. The van der Waals surface area contributed by atoms with E-state index in [2.05, 4.69) is 15.4 Å². The number of likely N-dealkylation sites (N-methyl/N-ethyl adjacent to an activating group) is 1. The van der Waals surface area contributed by atoms with E-state index in [1.807, 2.05) is 0 Å². The molecule has 1 unspecified atom stereocenters. The van der Waals surface area contributed by atoms with E-state index >= 15 is 0 Å². The largest absolute Gasteiger partial charge is 0.497 e. The van der Waals surface area contributed by atoms with E-state index in [0.717, 1.165) is 24.3 Å². The van der Waals surface area contributed by atoms with Crippen LogP contribution in [0, 0.1) is 11.6 Å². The maximum Gasteiger partial charge on any atom is 0.261 e. The van der Waals surface area contributed by atoms with Crippen molar-refractivity contribution in [2.24, 2.45) is 0 Å². The number of benzene rings is 3. The lowest BCUT2D eigenvalue weighted by molar-refractivity contribution is -0.122. The fourth-order valence-electron chi connectivity index (χ4n) is 3.03. The maximum absolute atomic E-state index is 13.7. The molecule has 11 heteroatoms. The van der Waals surface area contributed by atoms with E-state index in [0.29, 0.717) is 5.75 Å². The monoisotopic (exact) mass is 489 g/mol. The summed E-state index contributed by atoms with van der Waals surface area (Å²) in [5.74, 6) is -3.20. The SMILES string of the molecule is CNC(=O)C(NC(=O)c1cccc(S(=O)(=O)Nc2ccc(OC)cc2)c1)c1ccc(F)c(F)c1. The van der Waals surface area contributed by atoms with Gasteiger partial charge in [0, 0.05) is 18.3 Å². The van der Waals surface area contributed by atoms with Crippen LogP contribution >= 0.6 is 0 Å². The van der Waals surface area contributed by atoms with Gasteiger partial charge in [-0.1, -0.05) is 12.1 Å². The number of halogens is 2. The highest BCUT2D eigenvalue weighted by Gasteiger charge is 2.24. The van der Waals surface area contributed by atoms with E-state index in [1.165, 1.54) is 44.5 Å². The van der Waals surface area contributed by atoms with Gasteiger partial charge in [-0.25, -0.2) is 17.2 Å². The Hall–Kier alpha value is -3.99. The topological polar surface area (TPSA) is 114 Å². The number of methoxy groups -OCH3 is 1. The molecule has 0 aliphatic rings. The lowest BCUT2D eigenvalue weighted by Crippen LogP contribution is -2.39. The Labute approximate surface area is 195 Å². The van der Waals surface area contributed by atoms with Crippen molar-refractivity contribution in [3.63, 3.8) is 0 Å². The van der Waals surface area contributed by atoms with E-state index in [-0.39, 0.29) is 21.7 Å². The Balaban J connectivity index is 1.84. The van der Waals surface area contributed by atoms with Crippen LogP contribution in [0.5, 0.6) is 5.75 Å². The van der Waals surface area contributed by atoms with Crippen molar-refractivity contribution in [2.45, 2.75) is 10.9 Å². The molecule has 2 amide bonds. The van der Waals surface area contributed by atoms with Gasteiger partial charge in [0.05, 0.1) is 12.0 Å². The second-order valence-corrected chi connectivity index (χ2v) is 8.74. The molecule has 0 aliphatic heterocycles. The molecular weight excluding hydrogens is 468 g/mol. The average Bonchev–Trinajstić information content (AvgIpc) is 2.84. The molecule has 0 aromatic heterocycles. The second kappa shape index (κ2) is 10.3. The molecule has 0 aliphatic carbocycles. The molecule has 34 heavy (non-hydrogen) atoms. The van der Waals surface area contributed by atoms with Gasteiger partial charge in [0.2, 0.25) is 5.91 Å². The predicted molar refractivity (Wildman–Crippen MR) is 121 cm³/mol. The van der Waals surface area contributed by atoms with Crippen molar-refractivity contribution in [1.29, 1.82) is 0 Å². The fraction of sp³-hybridized carbons (Fsp3) is 0.130. The normalized spacial score (nSPS) is 11.9. The van der Waals surface area contributed by atoms with Crippen LogP contribution in [-0.2, 0) is 14.8 Å². The smallest absolute Gasteiger partial charge is 0.261 e. The highest BCUT2D eigenvalue weighted by atomic mass is 32.2. The summed E-state index contributed by atoms with van der Waals surface area (Å²) in [7, 11) is -1.24. The minimum Gasteiger partial charge on any atom is -0.497 e. The predicted octanol–water partition coefficient (Wildman–Crippen LogP) is 2.99. The zero-order chi connectivity index (χ0) is 24.9. The molecule has 3 aromatic carbocycles. The number of ether oxygens (including phenoxy) is 1. The molecule has 3 rings (SSSR count). The standard InChI is InChI=1S/C23H21F2N3O5S/c1-26-23(30)21(14-6-11-19(24)20(25)13-14)27-22(29)15-4-3-5-18(12-15)34(31,32)28-16-7-9-17(33-2)10-8-16/h3-13,21,28H,1-2H3,(H,26,30)(H,27,29). The second-order valence-electron chi connectivity index (χ2n) is 7.06. The third-order valence-corrected chi connectivity index (χ3v) is 6.19. The van der Waals surface area contributed by atoms with Gasteiger partial charge in [-0.05, 0) is 60.2 Å². The molecule has 1 atom stereocenters. The first-order valence-corrected chi connectivity index (χ1v) is 11.4. The van der Waals surface area contributed by atoms with Crippen molar-refractivity contribution in [3.05, 3.63) is 89.5 Å². The lowest BCUT2D eigenvalue weighted by Gasteiger charge is -2.18. The van der Waals surface area contributed by atoms with Crippen molar-refractivity contribution in [2.75, 3.05) is 18.9 Å². The van der Waals surface area contributed by atoms with Gasteiger partial charge in [0.25, 0.3) is 15.9 Å². The van der Waals surface area contributed by atoms with E-state index in [9.17, 15) is 26.8 Å².